The van der Waals surface area contributed by atoms with E-state index in [9.17, 15) is 0 Å². The van der Waals surface area contributed by atoms with E-state index < -0.39 is 0 Å². The molecule has 3 aromatic rings. The molecule has 0 radical (unpaired) electrons. The van der Waals surface area contributed by atoms with Crippen LogP contribution in [-0.4, -0.2) is 11.0 Å². The molecule has 0 fully saturated rings. The molecule has 3 aromatic carbocycles. The molecule has 0 saturated carbocycles. The van der Waals surface area contributed by atoms with E-state index in [2.05, 4.69) is 43.3 Å². The van der Waals surface area contributed by atoms with E-state index in [0.29, 0.717) is 5.90 Å². The van der Waals surface area contributed by atoms with Crippen molar-refractivity contribution >= 4 is 5.90 Å². The maximum atomic E-state index is 6.21. The van der Waals surface area contributed by atoms with Gasteiger partial charge in [0.05, 0.1) is 6.04 Å². The molecule has 0 bridgehead atoms. The summed E-state index contributed by atoms with van der Waals surface area (Å²) in [7, 11) is 0. The van der Waals surface area contributed by atoms with E-state index in [4.69, 9.17) is 9.83 Å². The first kappa shape index (κ1) is 15.6. The lowest BCUT2D eigenvalue weighted by atomic mass is 10.1. The Kier molecular flexibility index (Phi) is 4.32. The standard InChI is InChI=1S/C22H20N2O/c1-17(18-11-5-2-6-12-18)24-21(19-13-7-3-8-14-19)23-22(25-24)20-15-9-4-10-16-20/h2-17,21H,1H3/t17-,21+/m1/s1. The second kappa shape index (κ2) is 6.91. The summed E-state index contributed by atoms with van der Waals surface area (Å²) in [6.45, 7) is 2.15. The van der Waals surface area contributed by atoms with Gasteiger partial charge in [0.25, 0.3) is 0 Å². The highest BCUT2D eigenvalue weighted by atomic mass is 16.7. The molecule has 2 atom stereocenters. The predicted octanol–water partition coefficient (Wildman–Crippen LogP) is 5.14. The van der Waals surface area contributed by atoms with Gasteiger partial charge in [0.1, 0.15) is 0 Å². The van der Waals surface area contributed by atoms with Crippen molar-refractivity contribution in [2.24, 2.45) is 4.99 Å². The highest BCUT2D eigenvalue weighted by Gasteiger charge is 2.34. The maximum Gasteiger partial charge on any atom is 0.243 e. The normalized spacial score (nSPS) is 18.4. The summed E-state index contributed by atoms with van der Waals surface area (Å²) in [6.07, 6.45) is -0.161. The number of rotatable bonds is 4. The van der Waals surface area contributed by atoms with Gasteiger partial charge in [-0.2, -0.15) is 0 Å². The summed E-state index contributed by atoms with van der Waals surface area (Å²) in [5, 5.41) is 1.98. The van der Waals surface area contributed by atoms with E-state index in [0.717, 1.165) is 11.1 Å². The molecule has 1 aliphatic heterocycles. The molecular formula is C22H20N2O. The SMILES string of the molecule is C[C@H](c1ccccc1)N1OC(c2ccccc2)=N[C@@H]1c1ccccc1. The van der Waals surface area contributed by atoms with Gasteiger partial charge in [-0.15, -0.1) is 5.06 Å². The molecule has 0 aromatic heterocycles. The highest BCUT2D eigenvalue weighted by molar-refractivity contribution is 5.94. The molecule has 25 heavy (non-hydrogen) atoms. The van der Waals surface area contributed by atoms with Gasteiger partial charge in [0, 0.05) is 5.56 Å². The minimum atomic E-state index is -0.161. The zero-order valence-corrected chi connectivity index (χ0v) is 14.1. The van der Waals surface area contributed by atoms with Crippen LogP contribution < -0.4 is 0 Å². The third kappa shape index (κ3) is 3.19. The first-order chi connectivity index (χ1) is 12.3. The number of hydrogen-bond donors (Lipinski definition) is 0. The van der Waals surface area contributed by atoms with Gasteiger partial charge in [-0.25, -0.2) is 4.99 Å². The van der Waals surface area contributed by atoms with Crippen LogP contribution in [0.1, 0.15) is 35.8 Å². The van der Waals surface area contributed by atoms with Crippen molar-refractivity contribution in [3.63, 3.8) is 0 Å². The Morgan fingerprint density at radius 3 is 2.00 bits per heavy atom. The topological polar surface area (TPSA) is 24.8 Å². The Morgan fingerprint density at radius 1 is 0.800 bits per heavy atom. The van der Waals surface area contributed by atoms with Crippen LogP contribution in [-0.2, 0) is 4.84 Å². The fraction of sp³-hybridized carbons (Fsp3) is 0.136. The lowest BCUT2D eigenvalue weighted by Gasteiger charge is -2.28. The Labute approximate surface area is 148 Å². The Balaban J connectivity index is 1.71. The molecule has 4 rings (SSSR count). The molecule has 0 saturated heterocycles. The van der Waals surface area contributed by atoms with Gasteiger partial charge in [-0.1, -0.05) is 78.9 Å². The monoisotopic (exact) mass is 328 g/mol. The molecule has 3 heteroatoms. The Bertz CT molecular complexity index is 847. The molecule has 1 heterocycles. The fourth-order valence-corrected chi connectivity index (χ4v) is 3.07. The molecule has 0 unspecified atom stereocenters. The number of aliphatic imine (C=N–C) groups is 1. The average molecular weight is 328 g/mol. The molecule has 124 valence electrons. The van der Waals surface area contributed by atoms with Gasteiger partial charge >= 0.3 is 0 Å². The number of hydroxylamine groups is 2. The molecule has 0 N–H and O–H groups in total. The number of hydrogen-bond acceptors (Lipinski definition) is 3. The van der Waals surface area contributed by atoms with Gasteiger partial charge in [-0.3, -0.25) is 0 Å². The lowest BCUT2D eigenvalue weighted by molar-refractivity contribution is -0.117. The van der Waals surface area contributed by atoms with Crippen molar-refractivity contribution in [1.29, 1.82) is 0 Å². The van der Waals surface area contributed by atoms with Crippen LogP contribution in [0.4, 0.5) is 0 Å². The predicted molar refractivity (Wildman–Crippen MR) is 99.9 cm³/mol. The summed E-state index contributed by atoms with van der Waals surface area (Å²) < 4.78 is 0. The van der Waals surface area contributed by atoms with Crippen LogP contribution in [0.2, 0.25) is 0 Å². The van der Waals surface area contributed by atoms with Crippen molar-refractivity contribution in [3.05, 3.63) is 108 Å². The third-order valence-corrected chi connectivity index (χ3v) is 4.45. The lowest BCUT2D eigenvalue weighted by Crippen LogP contribution is -2.27. The van der Waals surface area contributed by atoms with Crippen LogP contribution in [0.25, 0.3) is 0 Å². The van der Waals surface area contributed by atoms with Crippen LogP contribution in [0, 0.1) is 0 Å². The van der Waals surface area contributed by atoms with Crippen molar-refractivity contribution in [3.8, 4) is 0 Å². The fourth-order valence-electron chi connectivity index (χ4n) is 3.07. The molecule has 0 spiro atoms. The molecule has 0 amide bonds. The quantitative estimate of drug-likeness (QED) is 0.662. The molecule has 3 nitrogen and oxygen atoms in total. The van der Waals surface area contributed by atoms with Crippen LogP contribution in [0.5, 0.6) is 0 Å². The summed E-state index contributed by atoms with van der Waals surface area (Å²) in [4.78, 5) is 11.1. The average Bonchev–Trinajstić information content (AvgIpc) is 3.15. The Morgan fingerprint density at radius 2 is 1.36 bits per heavy atom. The van der Waals surface area contributed by atoms with E-state index >= 15 is 0 Å². The van der Waals surface area contributed by atoms with Crippen molar-refractivity contribution in [2.45, 2.75) is 19.1 Å². The van der Waals surface area contributed by atoms with Gasteiger partial charge < -0.3 is 4.84 Å². The van der Waals surface area contributed by atoms with Crippen LogP contribution in [0.3, 0.4) is 0 Å². The first-order valence-corrected chi connectivity index (χ1v) is 8.52. The zero-order chi connectivity index (χ0) is 17.1. The first-order valence-electron chi connectivity index (χ1n) is 8.52. The van der Waals surface area contributed by atoms with Gasteiger partial charge in [0.15, 0.2) is 6.17 Å². The second-order valence-electron chi connectivity index (χ2n) is 6.12. The van der Waals surface area contributed by atoms with Crippen molar-refractivity contribution in [2.75, 3.05) is 0 Å². The maximum absolute atomic E-state index is 6.21. The minimum Gasteiger partial charge on any atom is -0.382 e. The second-order valence-corrected chi connectivity index (χ2v) is 6.12. The summed E-state index contributed by atoms with van der Waals surface area (Å²) in [6, 6.07) is 30.8. The van der Waals surface area contributed by atoms with E-state index in [1.165, 1.54) is 5.56 Å². The summed E-state index contributed by atoms with van der Waals surface area (Å²) in [5.41, 5.74) is 3.32. The van der Waals surface area contributed by atoms with Crippen molar-refractivity contribution < 1.29 is 4.84 Å². The van der Waals surface area contributed by atoms with Crippen molar-refractivity contribution in [1.82, 2.24) is 5.06 Å². The van der Waals surface area contributed by atoms with Crippen LogP contribution in [0.15, 0.2) is 96.0 Å². The summed E-state index contributed by atoms with van der Waals surface area (Å²) in [5.74, 6) is 0.664. The van der Waals surface area contributed by atoms with Crippen LogP contribution >= 0.6 is 0 Å². The minimum absolute atomic E-state index is 0.0800. The van der Waals surface area contributed by atoms with E-state index in [-0.39, 0.29) is 12.2 Å². The number of nitrogens with zero attached hydrogens (tertiary/aromatic N) is 2. The Hall–Kier alpha value is -2.91. The zero-order valence-electron chi connectivity index (χ0n) is 14.1. The van der Waals surface area contributed by atoms with E-state index in [1.54, 1.807) is 0 Å². The number of benzene rings is 3. The molecule has 0 aliphatic carbocycles. The van der Waals surface area contributed by atoms with E-state index in [1.807, 2.05) is 59.7 Å². The third-order valence-electron chi connectivity index (χ3n) is 4.45. The molecular weight excluding hydrogens is 308 g/mol. The van der Waals surface area contributed by atoms with Gasteiger partial charge in [-0.05, 0) is 30.2 Å². The summed E-state index contributed by atoms with van der Waals surface area (Å²) >= 11 is 0. The smallest absolute Gasteiger partial charge is 0.243 e. The largest absolute Gasteiger partial charge is 0.382 e. The highest BCUT2D eigenvalue weighted by Crippen LogP contribution is 2.36. The van der Waals surface area contributed by atoms with Gasteiger partial charge in [0.2, 0.25) is 5.90 Å². The molecule has 1 aliphatic rings.